The molecule has 8 heteroatoms. The van der Waals surface area contributed by atoms with Gasteiger partial charge in [0, 0.05) is 12.2 Å². The Morgan fingerprint density at radius 1 is 0.884 bits per heavy atom. The van der Waals surface area contributed by atoms with E-state index in [1.807, 2.05) is 35.2 Å². The van der Waals surface area contributed by atoms with E-state index in [1.54, 1.807) is 30.3 Å². The molecule has 220 valence electrons. The molecule has 0 heterocycles. The number of rotatable bonds is 9. The van der Waals surface area contributed by atoms with Crippen LogP contribution in [0.3, 0.4) is 0 Å². The van der Waals surface area contributed by atoms with Crippen LogP contribution in [0.25, 0.3) is 0 Å². The minimum atomic E-state index is -0.582. The lowest BCUT2D eigenvalue weighted by atomic mass is 9.76. The summed E-state index contributed by atoms with van der Waals surface area (Å²) in [6.45, 7) is 0.00826. The van der Waals surface area contributed by atoms with Gasteiger partial charge in [0.05, 0.1) is 25.3 Å². The maximum Gasteiger partial charge on any atom is 0.337 e. The second-order valence-corrected chi connectivity index (χ2v) is 10.7. The monoisotopic (exact) mass is 579 g/mol. The van der Waals surface area contributed by atoms with Gasteiger partial charge < -0.3 is 20.3 Å². The summed E-state index contributed by atoms with van der Waals surface area (Å²) in [5, 5.41) is 5.36. The molecule has 4 aromatic carbocycles. The van der Waals surface area contributed by atoms with Crippen LogP contribution in [0.2, 0.25) is 0 Å². The quantitative estimate of drug-likeness (QED) is 0.228. The fourth-order valence-corrected chi connectivity index (χ4v) is 5.76. The van der Waals surface area contributed by atoms with E-state index in [-0.39, 0.29) is 36.8 Å². The molecule has 0 aliphatic heterocycles. The fraction of sp³-hybridized carbons (Fsp3) is 0.229. The van der Waals surface area contributed by atoms with Crippen LogP contribution in [0.4, 0.5) is 14.9 Å². The number of hydrogen-bond donors (Lipinski definition) is 2. The number of carbonyl (C=O) groups is 3. The van der Waals surface area contributed by atoms with Crippen molar-refractivity contribution in [1.29, 1.82) is 0 Å². The van der Waals surface area contributed by atoms with Crippen LogP contribution in [0, 0.1) is 11.7 Å². The molecule has 1 aliphatic carbocycles. The first kappa shape index (κ1) is 29.5. The first-order valence-corrected chi connectivity index (χ1v) is 14.3. The molecule has 2 atom stereocenters. The van der Waals surface area contributed by atoms with Gasteiger partial charge in [-0.3, -0.25) is 4.79 Å². The topological polar surface area (TPSA) is 87.7 Å². The SMILES string of the molecule is COC(=O)c1cccc(NC(=O)NCC(=O)N(Cc2ccc(F)cc2)[C@@H]2c3ccccc3CC[C@H]2Cc2ccccc2)c1. The van der Waals surface area contributed by atoms with Crippen LogP contribution >= 0.6 is 0 Å². The Kier molecular flexibility index (Phi) is 9.46. The van der Waals surface area contributed by atoms with Crippen LogP contribution in [0.5, 0.6) is 0 Å². The molecular weight excluding hydrogens is 545 g/mol. The average Bonchev–Trinajstić information content (AvgIpc) is 3.04. The molecular formula is C35H34FN3O4. The highest BCUT2D eigenvalue weighted by Crippen LogP contribution is 2.41. The molecule has 1 aliphatic rings. The van der Waals surface area contributed by atoms with Crippen LogP contribution in [-0.4, -0.2) is 36.5 Å². The highest BCUT2D eigenvalue weighted by molar-refractivity contribution is 5.95. The van der Waals surface area contributed by atoms with Gasteiger partial charge in [0.2, 0.25) is 5.91 Å². The molecule has 3 amide bonds. The summed E-state index contributed by atoms with van der Waals surface area (Å²) in [5.74, 6) is -0.992. The zero-order valence-corrected chi connectivity index (χ0v) is 24.0. The molecule has 0 unspecified atom stereocenters. The molecule has 0 saturated heterocycles. The summed E-state index contributed by atoms with van der Waals surface area (Å²) in [7, 11) is 1.29. The maximum atomic E-state index is 14.0. The molecule has 0 radical (unpaired) electrons. The lowest BCUT2D eigenvalue weighted by Gasteiger charge is -2.42. The standard InChI is InChI=1S/C35H34FN3O4/c1-43-34(41)28-11-7-12-30(21-28)38-35(42)37-22-32(40)39(23-25-14-18-29(36)19-15-25)33-27(20-24-8-3-2-4-9-24)17-16-26-10-5-6-13-31(26)33/h2-15,18-19,21,27,33H,16-17,20,22-23H2,1H3,(H2,37,38,42)/t27-,33-/m0/s1. The van der Waals surface area contributed by atoms with Crippen molar-refractivity contribution in [1.82, 2.24) is 10.2 Å². The molecule has 7 nitrogen and oxygen atoms in total. The van der Waals surface area contributed by atoms with Gasteiger partial charge in [0.15, 0.2) is 0 Å². The van der Waals surface area contributed by atoms with Gasteiger partial charge in [0.1, 0.15) is 5.82 Å². The summed E-state index contributed by atoms with van der Waals surface area (Å²) in [6, 6.07) is 30.1. The lowest BCUT2D eigenvalue weighted by molar-refractivity contribution is -0.135. The number of ether oxygens (including phenoxy) is 1. The zero-order chi connectivity index (χ0) is 30.2. The van der Waals surface area contributed by atoms with Gasteiger partial charge in [-0.1, -0.05) is 72.8 Å². The molecule has 2 N–H and O–H groups in total. The molecule has 43 heavy (non-hydrogen) atoms. The molecule has 0 spiro atoms. The Balaban J connectivity index is 1.40. The third kappa shape index (κ3) is 7.46. The van der Waals surface area contributed by atoms with Crippen molar-refractivity contribution in [3.05, 3.63) is 137 Å². The fourth-order valence-electron chi connectivity index (χ4n) is 5.76. The van der Waals surface area contributed by atoms with E-state index in [0.717, 1.165) is 30.4 Å². The lowest BCUT2D eigenvalue weighted by Crippen LogP contribution is -2.46. The first-order chi connectivity index (χ1) is 20.9. The van der Waals surface area contributed by atoms with E-state index in [4.69, 9.17) is 4.74 Å². The zero-order valence-electron chi connectivity index (χ0n) is 24.0. The van der Waals surface area contributed by atoms with E-state index in [2.05, 4.69) is 34.9 Å². The number of amides is 3. The highest BCUT2D eigenvalue weighted by atomic mass is 19.1. The Bertz CT molecular complexity index is 1580. The van der Waals surface area contributed by atoms with Crippen LogP contribution in [-0.2, 0) is 28.9 Å². The number of methoxy groups -OCH3 is 1. The van der Waals surface area contributed by atoms with Crippen LogP contribution in [0.15, 0.2) is 103 Å². The largest absolute Gasteiger partial charge is 0.465 e. The van der Waals surface area contributed by atoms with Crippen molar-refractivity contribution in [2.45, 2.75) is 31.8 Å². The summed E-state index contributed by atoms with van der Waals surface area (Å²) < 4.78 is 18.5. The van der Waals surface area contributed by atoms with Crippen molar-refractivity contribution in [3.63, 3.8) is 0 Å². The minimum Gasteiger partial charge on any atom is -0.465 e. The van der Waals surface area contributed by atoms with E-state index < -0.39 is 12.0 Å². The Morgan fingerprint density at radius 3 is 2.40 bits per heavy atom. The smallest absolute Gasteiger partial charge is 0.337 e. The molecule has 0 aromatic heterocycles. The molecule has 5 rings (SSSR count). The second kappa shape index (κ2) is 13.8. The second-order valence-electron chi connectivity index (χ2n) is 10.7. The van der Waals surface area contributed by atoms with E-state index in [0.29, 0.717) is 11.3 Å². The third-order valence-corrected chi connectivity index (χ3v) is 7.81. The predicted molar refractivity (Wildman–Crippen MR) is 163 cm³/mol. The number of fused-ring (bicyclic) bond motifs is 1. The van der Waals surface area contributed by atoms with Crippen LogP contribution < -0.4 is 10.6 Å². The molecule has 4 aromatic rings. The number of anilines is 1. The van der Waals surface area contributed by atoms with Gasteiger partial charge in [-0.25, -0.2) is 14.0 Å². The number of aryl methyl sites for hydroxylation is 1. The van der Waals surface area contributed by atoms with Gasteiger partial charge >= 0.3 is 12.0 Å². The van der Waals surface area contributed by atoms with E-state index >= 15 is 0 Å². The van der Waals surface area contributed by atoms with Crippen molar-refractivity contribution in [2.24, 2.45) is 5.92 Å². The third-order valence-electron chi connectivity index (χ3n) is 7.81. The Labute approximate surface area is 250 Å². The van der Waals surface area contributed by atoms with Crippen molar-refractivity contribution < 1.29 is 23.5 Å². The number of esters is 1. The van der Waals surface area contributed by atoms with Gasteiger partial charge in [-0.05, 0) is 77.8 Å². The number of halogens is 1. The number of urea groups is 1. The predicted octanol–water partition coefficient (Wildman–Crippen LogP) is 6.31. The van der Waals surface area contributed by atoms with Gasteiger partial charge in [-0.15, -0.1) is 0 Å². The summed E-state index contributed by atoms with van der Waals surface area (Å²) in [4.78, 5) is 40.5. The summed E-state index contributed by atoms with van der Waals surface area (Å²) >= 11 is 0. The normalized spacial score (nSPS) is 15.6. The number of carbonyl (C=O) groups excluding carboxylic acids is 3. The van der Waals surface area contributed by atoms with Gasteiger partial charge in [-0.2, -0.15) is 0 Å². The van der Waals surface area contributed by atoms with Crippen molar-refractivity contribution >= 4 is 23.6 Å². The number of benzene rings is 4. The highest BCUT2D eigenvalue weighted by Gasteiger charge is 2.36. The number of nitrogens with one attached hydrogen (secondary N) is 2. The van der Waals surface area contributed by atoms with E-state index in [9.17, 15) is 18.8 Å². The van der Waals surface area contributed by atoms with E-state index in [1.165, 1.54) is 36.4 Å². The Morgan fingerprint density at radius 2 is 1.63 bits per heavy atom. The average molecular weight is 580 g/mol. The summed E-state index contributed by atoms with van der Waals surface area (Å²) in [6.07, 6.45) is 2.60. The summed E-state index contributed by atoms with van der Waals surface area (Å²) in [5.41, 5.74) is 4.96. The van der Waals surface area contributed by atoms with Crippen LogP contribution in [0.1, 0.15) is 45.1 Å². The number of hydrogen-bond acceptors (Lipinski definition) is 4. The number of nitrogens with zero attached hydrogens (tertiary/aromatic N) is 1. The first-order valence-electron chi connectivity index (χ1n) is 14.3. The molecule has 0 saturated carbocycles. The van der Waals surface area contributed by atoms with Crippen molar-refractivity contribution in [3.8, 4) is 0 Å². The Hall–Kier alpha value is -4.98. The van der Waals surface area contributed by atoms with Gasteiger partial charge in [0.25, 0.3) is 0 Å². The maximum absolute atomic E-state index is 14.0. The molecule has 0 fully saturated rings. The van der Waals surface area contributed by atoms with Crippen molar-refractivity contribution in [2.75, 3.05) is 19.0 Å². The molecule has 0 bridgehead atoms. The minimum absolute atomic E-state index is 0.136.